The number of piperidine rings is 1. The zero-order valence-electron chi connectivity index (χ0n) is 14.9. The summed E-state index contributed by atoms with van der Waals surface area (Å²) in [6, 6.07) is 13.1. The van der Waals surface area contributed by atoms with Gasteiger partial charge in [0.2, 0.25) is 5.91 Å². The van der Waals surface area contributed by atoms with Crippen LogP contribution in [0.2, 0.25) is 5.15 Å². The average molecular weight is 385 g/mol. The zero-order chi connectivity index (χ0) is 19.1. The van der Waals surface area contributed by atoms with Gasteiger partial charge in [0.15, 0.2) is 0 Å². The van der Waals surface area contributed by atoms with Crippen molar-refractivity contribution in [1.29, 1.82) is 0 Å². The highest BCUT2D eigenvalue weighted by atomic mass is 35.5. The average Bonchev–Trinajstić information content (AvgIpc) is 2.72. The zero-order valence-corrected chi connectivity index (χ0v) is 15.6. The highest BCUT2D eigenvalue weighted by molar-refractivity contribution is 6.29. The molecular weight excluding hydrogens is 364 g/mol. The highest BCUT2D eigenvalue weighted by Crippen LogP contribution is 2.20. The quantitative estimate of drug-likeness (QED) is 0.447. The number of carbonyl (C=O) groups is 2. The summed E-state index contributed by atoms with van der Waals surface area (Å²) in [5.74, 6) is -0.429. The number of amides is 1. The van der Waals surface area contributed by atoms with E-state index in [1.165, 1.54) is 0 Å². The number of nitrogens with zero attached hydrogens (tertiary/aromatic N) is 2. The molecule has 1 amide bonds. The summed E-state index contributed by atoms with van der Waals surface area (Å²) in [7, 11) is 0. The van der Waals surface area contributed by atoms with E-state index in [2.05, 4.69) is 4.98 Å². The van der Waals surface area contributed by atoms with Gasteiger partial charge in [0.05, 0.1) is 5.92 Å². The molecule has 2 heterocycles. The van der Waals surface area contributed by atoms with Gasteiger partial charge in [-0.3, -0.25) is 9.59 Å². The summed E-state index contributed by atoms with van der Waals surface area (Å²) >= 11 is 5.74. The molecule has 27 heavy (non-hydrogen) atoms. The molecule has 0 unspecified atom stereocenters. The first-order valence-electron chi connectivity index (χ1n) is 8.91. The Balaban J connectivity index is 1.43. The number of carbonyl (C=O) groups excluding carboxylic acids is 2. The number of pyridine rings is 1. The Morgan fingerprint density at radius 1 is 1.15 bits per heavy atom. The third-order valence-electron chi connectivity index (χ3n) is 4.53. The van der Waals surface area contributed by atoms with Crippen LogP contribution in [0.15, 0.2) is 54.7 Å². The molecule has 1 aromatic carbocycles. The summed E-state index contributed by atoms with van der Waals surface area (Å²) in [5, 5.41) is 0.406. The minimum absolute atomic E-state index is 0.0297. The van der Waals surface area contributed by atoms with Gasteiger partial charge >= 0.3 is 5.97 Å². The Morgan fingerprint density at radius 3 is 2.56 bits per heavy atom. The van der Waals surface area contributed by atoms with Crippen molar-refractivity contribution in [2.45, 2.75) is 19.4 Å². The SMILES string of the molecule is O=C(OCc1ccc(Cl)nc1)C1CCN(C(=O)C=Cc2ccccc2)CC1. The first-order valence-corrected chi connectivity index (χ1v) is 9.29. The fraction of sp³-hybridized carbons (Fsp3) is 0.286. The number of hydrogen-bond donors (Lipinski definition) is 0. The Morgan fingerprint density at radius 2 is 1.89 bits per heavy atom. The lowest BCUT2D eigenvalue weighted by Gasteiger charge is -2.30. The van der Waals surface area contributed by atoms with Crippen molar-refractivity contribution in [3.05, 3.63) is 71.0 Å². The van der Waals surface area contributed by atoms with Crippen LogP contribution in [0, 0.1) is 5.92 Å². The maximum Gasteiger partial charge on any atom is 0.309 e. The van der Waals surface area contributed by atoms with E-state index < -0.39 is 0 Å². The lowest BCUT2D eigenvalue weighted by Crippen LogP contribution is -2.39. The molecule has 3 rings (SSSR count). The number of aromatic nitrogens is 1. The van der Waals surface area contributed by atoms with E-state index >= 15 is 0 Å². The van der Waals surface area contributed by atoms with Crippen molar-refractivity contribution in [2.24, 2.45) is 5.92 Å². The lowest BCUT2D eigenvalue weighted by molar-refractivity contribution is -0.152. The van der Waals surface area contributed by atoms with Crippen molar-refractivity contribution < 1.29 is 14.3 Å². The standard InChI is InChI=1S/C21H21ClN2O3/c22-19-8-6-17(14-23-19)15-27-21(26)18-10-12-24(13-11-18)20(25)9-7-16-4-2-1-3-5-16/h1-9,14,18H,10-13,15H2. The Bertz CT molecular complexity index is 798. The van der Waals surface area contributed by atoms with Crippen LogP contribution in [0.1, 0.15) is 24.0 Å². The smallest absolute Gasteiger partial charge is 0.309 e. The van der Waals surface area contributed by atoms with Gasteiger partial charge in [-0.25, -0.2) is 4.98 Å². The molecule has 1 fully saturated rings. The van der Waals surface area contributed by atoms with Crippen LogP contribution in [-0.4, -0.2) is 34.8 Å². The first kappa shape index (κ1) is 19.1. The van der Waals surface area contributed by atoms with Crippen LogP contribution in [-0.2, 0) is 20.9 Å². The van der Waals surface area contributed by atoms with Crippen LogP contribution in [0.4, 0.5) is 0 Å². The number of likely N-dealkylation sites (tertiary alicyclic amines) is 1. The number of esters is 1. The van der Waals surface area contributed by atoms with Gasteiger partial charge < -0.3 is 9.64 Å². The van der Waals surface area contributed by atoms with Crippen molar-refractivity contribution in [3.63, 3.8) is 0 Å². The number of hydrogen-bond acceptors (Lipinski definition) is 4. The van der Waals surface area contributed by atoms with E-state index in [0.29, 0.717) is 31.1 Å². The lowest BCUT2D eigenvalue weighted by atomic mass is 9.97. The predicted molar refractivity (Wildman–Crippen MR) is 104 cm³/mol. The van der Waals surface area contributed by atoms with Crippen LogP contribution >= 0.6 is 11.6 Å². The number of rotatable bonds is 5. The molecule has 5 nitrogen and oxygen atoms in total. The van der Waals surface area contributed by atoms with Gasteiger partial charge in [0.1, 0.15) is 11.8 Å². The largest absolute Gasteiger partial charge is 0.461 e. The molecule has 0 spiro atoms. The third-order valence-corrected chi connectivity index (χ3v) is 4.75. The molecule has 2 aromatic rings. The second-order valence-corrected chi connectivity index (χ2v) is 6.83. The summed E-state index contributed by atoms with van der Waals surface area (Å²) in [5.41, 5.74) is 1.78. The molecule has 140 valence electrons. The van der Waals surface area contributed by atoms with Crippen LogP contribution < -0.4 is 0 Å². The van der Waals surface area contributed by atoms with Crippen LogP contribution in [0.5, 0.6) is 0 Å². The van der Waals surface area contributed by atoms with E-state index in [1.54, 1.807) is 29.3 Å². The van der Waals surface area contributed by atoms with Gasteiger partial charge in [0.25, 0.3) is 0 Å². The molecule has 6 heteroatoms. The summed E-state index contributed by atoms with van der Waals surface area (Å²) in [4.78, 5) is 30.3. The molecule has 0 bridgehead atoms. The molecule has 1 aliphatic rings. The number of benzene rings is 1. The second kappa shape index (κ2) is 9.33. The second-order valence-electron chi connectivity index (χ2n) is 6.44. The van der Waals surface area contributed by atoms with Crippen molar-refractivity contribution >= 4 is 29.6 Å². The highest BCUT2D eigenvalue weighted by Gasteiger charge is 2.27. The summed E-state index contributed by atoms with van der Waals surface area (Å²) in [6.07, 6.45) is 6.21. The maximum absolute atomic E-state index is 12.3. The molecule has 0 N–H and O–H groups in total. The molecule has 1 aliphatic heterocycles. The van der Waals surface area contributed by atoms with Gasteiger partial charge in [-0.1, -0.05) is 48.0 Å². The molecule has 1 saturated heterocycles. The van der Waals surface area contributed by atoms with Crippen LogP contribution in [0.3, 0.4) is 0 Å². The molecule has 0 saturated carbocycles. The molecule has 0 aliphatic carbocycles. The van der Waals surface area contributed by atoms with Crippen molar-refractivity contribution in [3.8, 4) is 0 Å². The van der Waals surface area contributed by atoms with Crippen molar-refractivity contribution in [1.82, 2.24) is 9.88 Å². The molecular formula is C21H21ClN2O3. The summed E-state index contributed by atoms with van der Waals surface area (Å²) in [6.45, 7) is 1.29. The van der Waals surface area contributed by atoms with Gasteiger partial charge in [0, 0.05) is 30.9 Å². The fourth-order valence-electron chi connectivity index (χ4n) is 2.94. The van der Waals surface area contributed by atoms with Crippen LogP contribution in [0.25, 0.3) is 6.08 Å². The number of ether oxygens (including phenoxy) is 1. The maximum atomic E-state index is 12.3. The molecule has 0 atom stereocenters. The number of halogens is 1. The third kappa shape index (κ3) is 5.66. The monoisotopic (exact) mass is 384 g/mol. The first-order chi connectivity index (χ1) is 13.1. The minimum Gasteiger partial charge on any atom is -0.461 e. The van der Waals surface area contributed by atoms with Crippen molar-refractivity contribution in [2.75, 3.05) is 13.1 Å². The van der Waals surface area contributed by atoms with E-state index in [1.807, 2.05) is 36.4 Å². The predicted octanol–water partition coefficient (Wildman–Crippen LogP) is 3.73. The van der Waals surface area contributed by atoms with E-state index in [4.69, 9.17) is 16.3 Å². The van der Waals surface area contributed by atoms with E-state index in [0.717, 1.165) is 11.1 Å². The minimum atomic E-state index is -0.225. The van der Waals surface area contributed by atoms with Gasteiger partial charge in [-0.05, 0) is 30.5 Å². The molecule has 0 radical (unpaired) electrons. The van der Waals surface area contributed by atoms with Gasteiger partial charge in [-0.2, -0.15) is 0 Å². The van der Waals surface area contributed by atoms with E-state index in [9.17, 15) is 9.59 Å². The Kier molecular flexibility index (Phi) is 6.60. The Labute approximate surface area is 163 Å². The fourth-order valence-corrected chi connectivity index (χ4v) is 3.05. The Hall–Kier alpha value is -2.66. The van der Waals surface area contributed by atoms with Gasteiger partial charge in [-0.15, -0.1) is 0 Å². The summed E-state index contributed by atoms with van der Waals surface area (Å²) < 4.78 is 5.37. The topological polar surface area (TPSA) is 59.5 Å². The van der Waals surface area contributed by atoms with E-state index in [-0.39, 0.29) is 24.4 Å². The normalized spacial score (nSPS) is 15.1. The molecule has 1 aromatic heterocycles.